The van der Waals surface area contributed by atoms with E-state index in [-0.39, 0.29) is 24.7 Å². The first kappa shape index (κ1) is 25.5. The largest absolute Gasteiger partial charge is 0.494 e. The fourth-order valence-corrected chi connectivity index (χ4v) is 5.89. The number of hydrogen-bond donors (Lipinski definition) is 0. The Hall–Kier alpha value is -1.13. The number of aromatic nitrogens is 1. The lowest BCUT2D eigenvalue weighted by Gasteiger charge is -2.27. The highest BCUT2D eigenvalue weighted by Gasteiger charge is 2.23. The third-order valence-electron chi connectivity index (χ3n) is 5.11. The molecule has 32 heavy (non-hydrogen) atoms. The number of carbonyl (C=O) groups is 1. The first-order chi connectivity index (χ1) is 15.0. The van der Waals surface area contributed by atoms with Crippen LogP contribution in [0.2, 0.25) is 9.36 Å². The molecule has 0 unspecified atom stereocenters. The van der Waals surface area contributed by atoms with Gasteiger partial charge in [0.15, 0.2) is 5.13 Å². The Morgan fingerprint density at radius 3 is 2.69 bits per heavy atom. The Labute approximate surface area is 211 Å². The number of carbonyl (C=O) groups excluding carboxylic acids is 1. The Balaban J connectivity index is 0.00000289. The van der Waals surface area contributed by atoms with E-state index >= 15 is 0 Å². The van der Waals surface area contributed by atoms with Crippen molar-refractivity contribution in [2.45, 2.75) is 12.8 Å². The second-order valence-electron chi connectivity index (χ2n) is 7.16. The molecular weight excluding hydrogens is 513 g/mol. The fourth-order valence-electron chi connectivity index (χ4n) is 3.52. The molecule has 1 saturated heterocycles. The summed E-state index contributed by atoms with van der Waals surface area (Å²) in [7, 11) is 1.60. The third kappa shape index (κ3) is 6.05. The van der Waals surface area contributed by atoms with Crippen molar-refractivity contribution in [1.82, 2.24) is 9.88 Å². The molecule has 3 heterocycles. The molecule has 0 N–H and O–H groups in total. The zero-order valence-corrected chi connectivity index (χ0v) is 21.5. The van der Waals surface area contributed by atoms with Crippen molar-refractivity contribution in [1.29, 1.82) is 0 Å². The highest BCUT2D eigenvalue weighted by molar-refractivity contribution is 7.23. The van der Waals surface area contributed by atoms with Gasteiger partial charge in [0.05, 0.1) is 40.8 Å². The smallest absolute Gasteiger partial charge is 0.234 e. The van der Waals surface area contributed by atoms with Crippen molar-refractivity contribution >= 4 is 79.5 Å². The summed E-state index contributed by atoms with van der Waals surface area (Å²) in [5.74, 6) is 0.641. The van der Waals surface area contributed by atoms with E-state index in [0.29, 0.717) is 32.3 Å². The number of thiazole rings is 1. The van der Waals surface area contributed by atoms with Gasteiger partial charge in [-0.05, 0) is 30.7 Å². The molecule has 0 radical (unpaired) electrons. The molecule has 1 aliphatic rings. The molecule has 1 aliphatic heterocycles. The van der Waals surface area contributed by atoms with Gasteiger partial charge in [-0.2, -0.15) is 0 Å². The number of benzene rings is 1. The van der Waals surface area contributed by atoms with Crippen LogP contribution in [0.15, 0.2) is 24.3 Å². The molecule has 0 bridgehead atoms. The van der Waals surface area contributed by atoms with E-state index in [0.717, 1.165) is 48.8 Å². The summed E-state index contributed by atoms with van der Waals surface area (Å²) in [4.78, 5) is 23.1. The van der Waals surface area contributed by atoms with E-state index in [9.17, 15) is 4.79 Å². The molecule has 6 nitrogen and oxygen atoms in total. The lowest BCUT2D eigenvalue weighted by molar-refractivity contribution is -0.118. The number of hydrogen-bond acceptors (Lipinski definition) is 7. The van der Waals surface area contributed by atoms with E-state index in [1.165, 1.54) is 22.7 Å². The predicted molar refractivity (Wildman–Crippen MR) is 136 cm³/mol. The normalized spacial score (nSPS) is 14.3. The summed E-state index contributed by atoms with van der Waals surface area (Å²) in [5, 5.41) is 1.24. The second-order valence-corrected chi connectivity index (χ2v) is 10.3. The van der Waals surface area contributed by atoms with Gasteiger partial charge in [-0.25, -0.2) is 4.98 Å². The van der Waals surface area contributed by atoms with Crippen LogP contribution in [-0.2, 0) is 16.0 Å². The van der Waals surface area contributed by atoms with Gasteiger partial charge >= 0.3 is 0 Å². The minimum absolute atomic E-state index is 0. The fraction of sp³-hybridized carbons (Fsp3) is 0.429. The molecule has 0 spiro atoms. The van der Waals surface area contributed by atoms with Gasteiger partial charge in [-0.1, -0.05) is 34.5 Å². The zero-order valence-electron chi connectivity index (χ0n) is 17.5. The Kier molecular flexibility index (Phi) is 9.43. The zero-order chi connectivity index (χ0) is 21.8. The lowest BCUT2D eigenvalue weighted by atomic mass is 10.3. The second kappa shape index (κ2) is 11.8. The van der Waals surface area contributed by atoms with E-state index in [4.69, 9.17) is 37.7 Å². The maximum Gasteiger partial charge on any atom is 0.234 e. The van der Waals surface area contributed by atoms with Gasteiger partial charge in [0, 0.05) is 31.1 Å². The third-order valence-corrected chi connectivity index (χ3v) is 7.88. The quantitative estimate of drug-likeness (QED) is 0.386. The van der Waals surface area contributed by atoms with Crippen molar-refractivity contribution in [3.05, 3.63) is 38.5 Å². The standard InChI is InChI=1S/C21H23Cl2N3O3S2.ClH/c1-28-16-5-4-15(22)20-19(16)24-21(31-20)26(8-2-7-25-9-11-29-12-10-25)18(27)13-14-3-6-17(23)30-14;/h3-6H,2,7-13H2,1H3;1H. The Morgan fingerprint density at radius 2 is 2.00 bits per heavy atom. The monoisotopic (exact) mass is 535 g/mol. The van der Waals surface area contributed by atoms with Crippen LogP contribution in [0.25, 0.3) is 10.2 Å². The minimum atomic E-state index is -0.00496. The number of fused-ring (bicyclic) bond motifs is 1. The van der Waals surface area contributed by atoms with E-state index in [1.807, 2.05) is 12.1 Å². The number of nitrogens with zero attached hydrogens (tertiary/aromatic N) is 3. The molecule has 174 valence electrons. The van der Waals surface area contributed by atoms with E-state index in [2.05, 4.69) is 4.90 Å². The maximum atomic E-state index is 13.3. The topological polar surface area (TPSA) is 54.9 Å². The number of halogens is 3. The maximum absolute atomic E-state index is 13.3. The van der Waals surface area contributed by atoms with Crippen LogP contribution in [-0.4, -0.2) is 62.3 Å². The van der Waals surface area contributed by atoms with Crippen LogP contribution < -0.4 is 9.64 Å². The highest BCUT2D eigenvalue weighted by atomic mass is 35.5. The number of rotatable bonds is 8. The SMILES string of the molecule is COc1ccc(Cl)c2sc(N(CCCN3CCOCC3)C(=O)Cc3ccc(Cl)s3)nc12.Cl. The Morgan fingerprint density at radius 1 is 1.22 bits per heavy atom. The molecule has 2 aromatic heterocycles. The van der Waals surface area contributed by atoms with Crippen molar-refractivity contribution < 1.29 is 14.3 Å². The summed E-state index contributed by atoms with van der Waals surface area (Å²) in [5.41, 5.74) is 0.681. The molecule has 0 aliphatic carbocycles. The summed E-state index contributed by atoms with van der Waals surface area (Å²) in [6, 6.07) is 7.31. The van der Waals surface area contributed by atoms with Crippen molar-refractivity contribution in [3.63, 3.8) is 0 Å². The summed E-state index contributed by atoms with van der Waals surface area (Å²) < 4.78 is 12.4. The van der Waals surface area contributed by atoms with E-state index in [1.54, 1.807) is 24.1 Å². The number of thiophene rings is 1. The molecule has 1 fully saturated rings. The molecule has 0 atom stereocenters. The first-order valence-electron chi connectivity index (χ1n) is 10.0. The number of morpholine rings is 1. The van der Waals surface area contributed by atoms with Gasteiger partial charge in [0.25, 0.3) is 0 Å². The van der Waals surface area contributed by atoms with Crippen LogP contribution in [0.4, 0.5) is 5.13 Å². The molecule has 11 heteroatoms. The van der Waals surface area contributed by atoms with Crippen LogP contribution >= 0.6 is 58.3 Å². The van der Waals surface area contributed by atoms with Crippen LogP contribution in [0.5, 0.6) is 5.75 Å². The van der Waals surface area contributed by atoms with Gasteiger partial charge in [0.2, 0.25) is 5.91 Å². The Bertz CT molecular complexity index is 1050. The number of anilines is 1. The molecule has 4 rings (SSSR count). The summed E-state index contributed by atoms with van der Waals surface area (Å²) in [6.45, 7) is 4.86. The average Bonchev–Trinajstić information content (AvgIpc) is 3.39. The molecule has 0 saturated carbocycles. The van der Waals surface area contributed by atoms with Crippen LogP contribution in [0.1, 0.15) is 11.3 Å². The number of ether oxygens (including phenoxy) is 2. The minimum Gasteiger partial charge on any atom is -0.494 e. The van der Waals surface area contributed by atoms with E-state index < -0.39 is 0 Å². The number of methoxy groups -OCH3 is 1. The highest BCUT2D eigenvalue weighted by Crippen LogP contribution is 2.39. The lowest BCUT2D eigenvalue weighted by Crippen LogP contribution is -2.39. The molecule has 1 aromatic carbocycles. The first-order valence-corrected chi connectivity index (χ1v) is 12.4. The summed E-state index contributed by atoms with van der Waals surface area (Å²) in [6.07, 6.45) is 1.13. The van der Waals surface area contributed by atoms with Gasteiger partial charge < -0.3 is 9.47 Å². The van der Waals surface area contributed by atoms with Gasteiger partial charge in [0.1, 0.15) is 11.3 Å². The van der Waals surface area contributed by atoms with Crippen LogP contribution in [0.3, 0.4) is 0 Å². The van der Waals surface area contributed by atoms with Crippen LogP contribution in [0, 0.1) is 0 Å². The van der Waals surface area contributed by atoms with Crippen molar-refractivity contribution in [2.75, 3.05) is 51.4 Å². The van der Waals surface area contributed by atoms with Gasteiger partial charge in [-0.15, -0.1) is 23.7 Å². The molecule has 1 amide bonds. The van der Waals surface area contributed by atoms with Crippen molar-refractivity contribution in [3.8, 4) is 5.75 Å². The van der Waals surface area contributed by atoms with Crippen molar-refractivity contribution in [2.24, 2.45) is 0 Å². The molecular formula is C21H24Cl3N3O3S2. The predicted octanol–water partition coefficient (Wildman–Crippen LogP) is 5.39. The van der Waals surface area contributed by atoms with Gasteiger partial charge in [-0.3, -0.25) is 14.6 Å². The summed E-state index contributed by atoms with van der Waals surface area (Å²) >= 11 is 15.3. The average molecular weight is 537 g/mol. The number of amides is 1. The molecule has 3 aromatic rings.